The Morgan fingerprint density at radius 2 is 2.17 bits per heavy atom. The van der Waals surface area contributed by atoms with Crippen LogP contribution in [0.3, 0.4) is 0 Å². The van der Waals surface area contributed by atoms with Gasteiger partial charge in [-0.25, -0.2) is 4.68 Å². The molecule has 0 fully saturated rings. The van der Waals surface area contributed by atoms with Crippen molar-refractivity contribution in [2.75, 3.05) is 6.54 Å². The standard InChI is InChI=1S/C19H25N3O2/c1-3-7-14(23)12-20-19(24)18-15-9-6-11-17(15)22(21-18)16-10-5-4-8-13(16)2/h4-5,8,10,14,23H,3,6-7,9,11-12H2,1-2H3,(H,20,24). The summed E-state index contributed by atoms with van der Waals surface area (Å²) in [6.07, 6.45) is 3.98. The summed E-state index contributed by atoms with van der Waals surface area (Å²) in [7, 11) is 0. The zero-order valence-electron chi connectivity index (χ0n) is 14.4. The molecule has 2 N–H and O–H groups in total. The Balaban J connectivity index is 1.87. The molecule has 1 aromatic carbocycles. The molecular formula is C19H25N3O2. The lowest BCUT2D eigenvalue weighted by Gasteiger charge is -2.10. The molecule has 5 heteroatoms. The van der Waals surface area contributed by atoms with Crippen LogP contribution in [0.1, 0.15) is 53.5 Å². The van der Waals surface area contributed by atoms with E-state index in [0.29, 0.717) is 12.1 Å². The quantitative estimate of drug-likeness (QED) is 0.857. The number of nitrogens with one attached hydrogen (secondary N) is 1. The molecule has 1 aliphatic rings. The smallest absolute Gasteiger partial charge is 0.272 e. The molecule has 0 saturated heterocycles. The summed E-state index contributed by atoms with van der Waals surface area (Å²) in [6, 6.07) is 8.09. The number of benzene rings is 1. The molecule has 24 heavy (non-hydrogen) atoms. The third-order valence-electron chi connectivity index (χ3n) is 4.61. The second-order valence-electron chi connectivity index (χ2n) is 6.48. The number of hydrogen-bond acceptors (Lipinski definition) is 3. The largest absolute Gasteiger partial charge is 0.391 e. The monoisotopic (exact) mass is 327 g/mol. The van der Waals surface area contributed by atoms with Crippen molar-refractivity contribution in [1.82, 2.24) is 15.1 Å². The lowest BCUT2D eigenvalue weighted by Crippen LogP contribution is -2.32. The second kappa shape index (κ2) is 7.18. The predicted octanol–water partition coefficient (Wildman–Crippen LogP) is 2.56. The Morgan fingerprint density at radius 3 is 2.92 bits per heavy atom. The SMILES string of the molecule is CCCC(O)CNC(=O)c1nn(-c2ccccc2C)c2c1CCC2. The minimum atomic E-state index is -0.495. The van der Waals surface area contributed by atoms with E-state index >= 15 is 0 Å². The minimum absolute atomic E-state index is 0.185. The average Bonchev–Trinajstić information content (AvgIpc) is 3.16. The van der Waals surface area contributed by atoms with Crippen LogP contribution in [0.15, 0.2) is 24.3 Å². The molecule has 0 bridgehead atoms. The molecule has 128 valence electrons. The van der Waals surface area contributed by atoms with E-state index < -0.39 is 6.10 Å². The molecule has 0 aliphatic heterocycles. The highest BCUT2D eigenvalue weighted by atomic mass is 16.3. The van der Waals surface area contributed by atoms with Crippen LogP contribution in [-0.2, 0) is 12.8 Å². The maximum atomic E-state index is 12.5. The highest BCUT2D eigenvalue weighted by Gasteiger charge is 2.27. The number of nitrogens with zero attached hydrogens (tertiary/aromatic N) is 2. The van der Waals surface area contributed by atoms with Crippen LogP contribution >= 0.6 is 0 Å². The Bertz CT molecular complexity index is 736. The van der Waals surface area contributed by atoms with Crippen LogP contribution in [0, 0.1) is 6.92 Å². The summed E-state index contributed by atoms with van der Waals surface area (Å²) < 4.78 is 1.93. The molecule has 0 saturated carbocycles. The number of hydrogen-bond donors (Lipinski definition) is 2. The van der Waals surface area contributed by atoms with E-state index in [2.05, 4.69) is 23.4 Å². The van der Waals surface area contributed by atoms with Gasteiger partial charge in [-0.05, 0) is 44.2 Å². The molecule has 1 atom stereocenters. The highest BCUT2D eigenvalue weighted by Crippen LogP contribution is 2.28. The van der Waals surface area contributed by atoms with Crippen molar-refractivity contribution in [1.29, 1.82) is 0 Å². The molecule has 3 rings (SSSR count). The fourth-order valence-corrected chi connectivity index (χ4v) is 3.35. The fraction of sp³-hybridized carbons (Fsp3) is 0.474. The van der Waals surface area contributed by atoms with Crippen molar-refractivity contribution in [3.05, 3.63) is 46.8 Å². The lowest BCUT2D eigenvalue weighted by atomic mass is 10.1. The lowest BCUT2D eigenvalue weighted by molar-refractivity contribution is 0.0904. The van der Waals surface area contributed by atoms with E-state index in [0.717, 1.165) is 48.2 Å². The summed E-state index contributed by atoms with van der Waals surface area (Å²) in [5, 5.41) is 17.3. The Morgan fingerprint density at radius 1 is 1.38 bits per heavy atom. The van der Waals surface area contributed by atoms with Crippen LogP contribution in [0.25, 0.3) is 5.69 Å². The van der Waals surface area contributed by atoms with Gasteiger partial charge in [-0.2, -0.15) is 5.10 Å². The van der Waals surface area contributed by atoms with Crippen molar-refractivity contribution in [3.63, 3.8) is 0 Å². The molecule has 1 unspecified atom stereocenters. The molecule has 1 heterocycles. The van der Waals surface area contributed by atoms with Gasteiger partial charge in [-0.1, -0.05) is 31.5 Å². The first kappa shape index (κ1) is 16.7. The predicted molar refractivity (Wildman–Crippen MR) is 93.6 cm³/mol. The van der Waals surface area contributed by atoms with Gasteiger partial charge in [0, 0.05) is 17.8 Å². The average molecular weight is 327 g/mol. The number of aromatic nitrogens is 2. The summed E-state index contributed by atoms with van der Waals surface area (Å²) >= 11 is 0. The topological polar surface area (TPSA) is 67.2 Å². The summed E-state index contributed by atoms with van der Waals surface area (Å²) in [6.45, 7) is 4.35. The van der Waals surface area contributed by atoms with Crippen molar-refractivity contribution in [2.24, 2.45) is 0 Å². The summed E-state index contributed by atoms with van der Waals surface area (Å²) in [5.74, 6) is -0.185. The van der Waals surface area contributed by atoms with Crippen molar-refractivity contribution in [2.45, 2.75) is 52.1 Å². The molecule has 1 aliphatic carbocycles. The number of rotatable bonds is 6. The number of aliphatic hydroxyl groups excluding tert-OH is 1. The molecule has 1 aromatic heterocycles. The van der Waals surface area contributed by atoms with Crippen LogP contribution in [0.2, 0.25) is 0 Å². The van der Waals surface area contributed by atoms with E-state index in [9.17, 15) is 9.90 Å². The zero-order chi connectivity index (χ0) is 17.1. The number of para-hydroxylation sites is 1. The van der Waals surface area contributed by atoms with Crippen molar-refractivity contribution in [3.8, 4) is 5.69 Å². The van der Waals surface area contributed by atoms with Crippen LogP contribution in [0.5, 0.6) is 0 Å². The number of carbonyl (C=O) groups is 1. The van der Waals surface area contributed by atoms with Gasteiger partial charge in [0.05, 0.1) is 11.8 Å². The summed E-state index contributed by atoms with van der Waals surface area (Å²) in [4.78, 5) is 12.5. The molecule has 5 nitrogen and oxygen atoms in total. The van der Waals surface area contributed by atoms with Gasteiger partial charge in [0.2, 0.25) is 0 Å². The Labute approximate surface area is 142 Å². The van der Waals surface area contributed by atoms with Gasteiger partial charge in [-0.3, -0.25) is 4.79 Å². The maximum absolute atomic E-state index is 12.5. The van der Waals surface area contributed by atoms with Crippen LogP contribution in [-0.4, -0.2) is 33.4 Å². The first-order valence-corrected chi connectivity index (χ1v) is 8.74. The number of fused-ring (bicyclic) bond motifs is 1. The van der Waals surface area contributed by atoms with Crippen molar-refractivity contribution >= 4 is 5.91 Å². The van der Waals surface area contributed by atoms with Crippen LogP contribution < -0.4 is 5.32 Å². The van der Waals surface area contributed by atoms with Gasteiger partial charge in [0.15, 0.2) is 5.69 Å². The minimum Gasteiger partial charge on any atom is -0.391 e. The maximum Gasteiger partial charge on any atom is 0.272 e. The fourth-order valence-electron chi connectivity index (χ4n) is 3.35. The van der Waals surface area contributed by atoms with E-state index in [-0.39, 0.29) is 12.5 Å². The molecule has 2 aromatic rings. The van der Waals surface area contributed by atoms with Gasteiger partial charge in [0.25, 0.3) is 5.91 Å². The zero-order valence-corrected chi connectivity index (χ0v) is 14.4. The first-order valence-electron chi connectivity index (χ1n) is 8.74. The third-order valence-corrected chi connectivity index (χ3v) is 4.61. The van der Waals surface area contributed by atoms with Gasteiger partial charge in [0.1, 0.15) is 0 Å². The van der Waals surface area contributed by atoms with E-state index in [1.54, 1.807) is 0 Å². The number of aryl methyl sites for hydroxylation is 1. The highest BCUT2D eigenvalue weighted by molar-refractivity contribution is 5.94. The first-order chi connectivity index (χ1) is 11.6. The number of amides is 1. The van der Waals surface area contributed by atoms with E-state index in [1.165, 1.54) is 0 Å². The van der Waals surface area contributed by atoms with Gasteiger partial charge >= 0.3 is 0 Å². The molecule has 0 radical (unpaired) electrons. The normalized spacial score (nSPS) is 14.5. The van der Waals surface area contributed by atoms with Gasteiger partial charge in [-0.15, -0.1) is 0 Å². The Kier molecular flexibility index (Phi) is 5.00. The van der Waals surface area contributed by atoms with Gasteiger partial charge < -0.3 is 10.4 Å². The van der Waals surface area contributed by atoms with Crippen LogP contribution in [0.4, 0.5) is 0 Å². The number of aliphatic hydroxyl groups is 1. The molecule has 1 amide bonds. The number of carbonyl (C=O) groups excluding carboxylic acids is 1. The van der Waals surface area contributed by atoms with E-state index in [4.69, 9.17) is 0 Å². The van der Waals surface area contributed by atoms with E-state index in [1.807, 2.05) is 29.8 Å². The third kappa shape index (κ3) is 3.22. The molecular weight excluding hydrogens is 302 g/mol. The Hall–Kier alpha value is -2.14. The summed E-state index contributed by atoms with van der Waals surface area (Å²) in [5.41, 5.74) is 4.87. The van der Waals surface area contributed by atoms with Crippen molar-refractivity contribution < 1.29 is 9.90 Å². The molecule has 0 spiro atoms. The second-order valence-corrected chi connectivity index (χ2v) is 6.48.